The van der Waals surface area contributed by atoms with Crippen LogP contribution in [0, 0.1) is 13.8 Å². The van der Waals surface area contributed by atoms with Gasteiger partial charge in [0.05, 0.1) is 12.3 Å². The number of ether oxygens (including phenoxy) is 1. The molecule has 0 aliphatic rings. The van der Waals surface area contributed by atoms with Crippen molar-refractivity contribution in [1.29, 1.82) is 0 Å². The number of hydrogen-bond donors (Lipinski definition) is 1. The van der Waals surface area contributed by atoms with E-state index in [4.69, 9.17) is 4.74 Å². The summed E-state index contributed by atoms with van der Waals surface area (Å²) in [6, 6.07) is 15.5. The van der Waals surface area contributed by atoms with Gasteiger partial charge in [-0.3, -0.25) is 9.59 Å². The smallest absolute Gasteiger partial charge is 0.267 e. The summed E-state index contributed by atoms with van der Waals surface area (Å²) in [6.07, 6.45) is 0. The third kappa shape index (κ3) is 4.54. The number of carbonyl (C=O) groups is 1. The first-order chi connectivity index (χ1) is 13.9. The van der Waals surface area contributed by atoms with E-state index in [1.165, 1.54) is 10.7 Å². The lowest BCUT2D eigenvalue weighted by Gasteiger charge is -2.16. The van der Waals surface area contributed by atoms with Crippen molar-refractivity contribution in [2.24, 2.45) is 0 Å². The highest BCUT2D eigenvalue weighted by Crippen LogP contribution is 2.21. The lowest BCUT2D eigenvalue weighted by atomic mass is 10.1. The van der Waals surface area contributed by atoms with E-state index in [-0.39, 0.29) is 11.5 Å². The Labute approximate surface area is 170 Å². The van der Waals surface area contributed by atoms with Crippen LogP contribution in [-0.4, -0.2) is 22.3 Å². The predicted octanol–water partition coefficient (Wildman–Crippen LogP) is 4.13. The van der Waals surface area contributed by atoms with Crippen molar-refractivity contribution in [3.8, 4) is 17.0 Å². The maximum absolute atomic E-state index is 12.8. The highest BCUT2D eigenvalue weighted by Gasteiger charge is 2.19. The van der Waals surface area contributed by atoms with Gasteiger partial charge in [0.1, 0.15) is 11.8 Å². The molecule has 3 rings (SSSR count). The molecule has 6 heteroatoms. The molecule has 2 aromatic carbocycles. The molecule has 1 aromatic heterocycles. The Morgan fingerprint density at radius 3 is 2.52 bits per heavy atom. The number of hydrogen-bond acceptors (Lipinski definition) is 4. The van der Waals surface area contributed by atoms with Crippen molar-refractivity contribution < 1.29 is 9.53 Å². The van der Waals surface area contributed by atoms with Gasteiger partial charge in [0.25, 0.3) is 5.56 Å². The van der Waals surface area contributed by atoms with E-state index in [1.54, 1.807) is 13.0 Å². The summed E-state index contributed by atoms with van der Waals surface area (Å²) in [5.74, 6) is 0.475. The number of nitrogens with one attached hydrogen (secondary N) is 1. The molecule has 0 saturated heterocycles. The molecule has 0 saturated carbocycles. The van der Waals surface area contributed by atoms with Gasteiger partial charge in [-0.15, -0.1) is 0 Å². The molecule has 150 valence electrons. The number of anilines is 1. The van der Waals surface area contributed by atoms with Crippen LogP contribution >= 0.6 is 0 Å². The summed E-state index contributed by atoms with van der Waals surface area (Å²) >= 11 is 0. The van der Waals surface area contributed by atoms with Crippen LogP contribution in [0.4, 0.5) is 5.69 Å². The average Bonchev–Trinajstić information content (AvgIpc) is 2.72. The first-order valence-corrected chi connectivity index (χ1v) is 9.61. The number of amides is 1. The SMILES string of the molecule is CCOc1ccc(-c2ccc(=O)n(C(C)C(=O)Nc3cccc(C)c3C)n2)cc1. The summed E-state index contributed by atoms with van der Waals surface area (Å²) in [6.45, 7) is 8.12. The van der Waals surface area contributed by atoms with Gasteiger partial charge in [-0.05, 0) is 75.2 Å². The Kier molecular flexibility index (Phi) is 6.12. The van der Waals surface area contributed by atoms with E-state index in [0.717, 1.165) is 28.1 Å². The van der Waals surface area contributed by atoms with E-state index < -0.39 is 6.04 Å². The monoisotopic (exact) mass is 391 g/mol. The van der Waals surface area contributed by atoms with Crippen molar-refractivity contribution in [2.45, 2.75) is 33.7 Å². The van der Waals surface area contributed by atoms with Crippen molar-refractivity contribution in [2.75, 3.05) is 11.9 Å². The molecular formula is C23H25N3O3. The topological polar surface area (TPSA) is 73.2 Å². The molecule has 29 heavy (non-hydrogen) atoms. The quantitative estimate of drug-likeness (QED) is 0.686. The molecule has 0 radical (unpaired) electrons. The fraction of sp³-hybridized carbons (Fsp3) is 0.261. The molecule has 0 spiro atoms. The van der Waals surface area contributed by atoms with Crippen LogP contribution in [0.5, 0.6) is 5.75 Å². The highest BCUT2D eigenvalue weighted by molar-refractivity contribution is 5.94. The Morgan fingerprint density at radius 2 is 1.83 bits per heavy atom. The zero-order chi connectivity index (χ0) is 21.0. The van der Waals surface area contributed by atoms with E-state index in [2.05, 4.69) is 10.4 Å². The zero-order valence-electron chi connectivity index (χ0n) is 17.1. The first kappa shape index (κ1) is 20.3. The minimum absolute atomic E-state index is 0.294. The van der Waals surface area contributed by atoms with Crippen LogP contribution in [0.25, 0.3) is 11.3 Å². The van der Waals surface area contributed by atoms with E-state index >= 15 is 0 Å². The molecule has 0 aliphatic carbocycles. The Morgan fingerprint density at radius 1 is 1.10 bits per heavy atom. The molecule has 1 atom stereocenters. The third-order valence-electron chi connectivity index (χ3n) is 4.89. The molecule has 0 bridgehead atoms. The predicted molar refractivity (Wildman–Crippen MR) is 114 cm³/mol. The lowest BCUT2D eigenvalue weighted by Crippen LogP contribution is -2.33. The van der Waals surface area contributed by atoms with Crippen LogP contribution < -0.4 is 15.6 Å². The minimum Gasteiger partial charge on any atom is -0.494 e. The molecule has 0 fully saturated rings. The molecular weight excluding hydrogens is 366 g/mol. The van der Waals surface area contributed by atoms with Crippen LogP contribution in [0.1, 0.15) is 31.0 Å². The first-order valence-electron chi connectivity index (χ1n) is 9.61. The Bertz CT molecular complexity index is 1070. The number of rotatable bonds is 6. The fourth-order valence-corrected chi connectivity index (χ4v) is 2.98. The van der Waals surface area contributed by atoms with E-state index in [1.807, 2.05) is 63.2 Å². The third-order valence-corrected chi connectivity index (χ3v) is 4.89. The molecule has 3 aromatic rings. The highest BCUT2D eigenvalue weighted by atomic mass is 16.5. The summed E-state index contributed by atoms with van der Waals surface area (Å²) in [5.41, 5.74) is 3.93. The van der Waals surface area contributed by atoms with Gasteiger partial charge in [0, 0.05) is 17.3 Å². The van der Waals surface area contributed by atoms with Crippen LogP contribution in [0.3, 0.4) is 0 Å². The molecule has 1 N–H and O–H groups in total. The maximum Gasteiger partial charge on any atom is 0.267 e. The van der Waals surface area contributed by atoms with Crippen LogP contribution in [-0.2, 0) is 4.79 Å². The lowest BCUT2D eigenvalue weighted by molar-refractivity contribution is -0.119. The van der Waals surface area contributed by atoms with Gasteiger partial charge < -0.3 is 10.1 Å². The summed E-state index contributed by atoms with van der Waals surface area (Å²) in [4.78, 5) is 25.1. The largest absolute Gasteiger partial charge is 0.494 e. The summed E-state index contributed by atoms with van der Waals surface area (Å²) in [5, 5.41) is 7.33. The number of carbonyl (C=O) groups excluding carboxylic acids is 1. The molecule has 1 heterocycles. The average molecular weight is 391 g/mol. The number of benzene rings is 2. The van der Waals surface area contributed by atoms with E-state index in [0.29, 0.717) is 12.3 Å². The van der Waals surface area contributed by atoms with Crippen molar-refractivity contribution >= 4 is 11.6 Å². The normalized spacial score (nSPS) is 11.7. The van der Waals surface area contributed by atoms with Gasteiger partial charge in [0.15, 0.2) is 0 Å². The number of aromatic nitrogens is 2. The van der Waals surface area contributed by atoms with Gasteiger partial charge in [-0.1, -0.05) is 12.1 Å². The summed E-state index contributed by atoms with van der Waals surface area (Å²) in [7, 11) is 0. The number of nitrogens with zero attached hydrogens (tertiary/aromatic N) is 2. The molecule has 1 unspecified atom stereocenters. The van der Waals surface area contributed by atoms with Crippen molar-refractivity contribution in [3.63, 3.8) is 0 Å². The fourth-order valence-electron chi connectivity index (χ4n) is 2.98. The van der Waals surface area contributed by atoms with Crippen molar-refractivity contribution in [1.82, 2.24) is 9.78 Å². The maximum atomic E-state index is 12.8. The molecule has 0 aliphatic heterocycles. The Balaban J connectivity index is 1.85. The zero-order valence-corrected chi connectivity index (χ0v) is 17.1. The second-order valence-corrected chi connectivity index (χ2v) is 6.87. The molecule has 1 amide bonds. The van der Waals surface area contributed by atoms with Gasteiger partial charge in [-0.25, -0.2) is 4.68 Å². The summed E-state index contributed by atoms with van der Waals surface area (Å²) < 4.78 is 6.67. The van der Waals surface area contributed by atoms with Crippen LogP contribution in [0.2, 0.25) is 0 Å². The van der Waals surface area contributed by atoms with E-state index in [9.17, 15) is 9.59 Å². The standard InChI is InChI=1S/C23H25N3O3/c1-5-29-19-11-9-18(10-12-19)21-13-14-22(27)26(25-21)17(4)23(28)24-20-8-6-7-15(2)16(20)3/h6-14,17H,5H2,1-4H3,(H,24,28). The Hall–Kier alpha value is -3.41. The van der Waals surface area contributed by atoms with Gasteiger partial charge in [-0.2, -0.15) is 5.10 Å². The second kappa shape index (κ2) is 8.73. The van der Waals surface area contributed by atoms with Crippen molar-refractivity contribution in [3.05, 3.63) is 76.1 Å². The minimum atomic E-state index is -0.759. The van der Waals surface area contributed by atoms with Crippen LogP contribution in [0.15, 0.2) is 59.4 Å². The van der Waals surface area contributed by atoms with Gasteiger partial charge in [0.2, 0.25) is 5.91 Å². The molecule has 6 nitrogen and oxygen atoms in total. The second-order valence-electron chi connectivity index (χ2n) is 6.87. The van der Waals surface area contributed by atoms with Gasteiger partial charge >= 0.3 is 0 Å². The number of aryl methyl sites for hydroxylation is 1.